The molecule has 1 aromatic carbocycles. The van der Waals surface area contributed by atoms with E-state index in [4.69, 9.17) is 0 Å². The molecule has 0 N–H and O–H groups in total. The zero-order valence-electron chi connectivity index (χ0n) is 16.3. The maximum Gasteiger partial charge on any atom is 0.417 e. The van der Waals surface area contributed by atoms with Crippen LogP contribution in [0.4, 0.5) is 18.9 Å². The predicted octanol–water partition coefficient (Wildman–Crippen LogP) is 3.56. The zero-order valence-corrected chi connectivity index (χ0v) is 16.3. The highest BCUT2D eigenvalue weighted by Gasteiger charge is 2.31. The van der Waals surface area contributed by atoms with E-state index in [0.717, 1.165) is 31.0 Å². The minimum absolute atomic E-state index is 0.140. The molecule has 4 rings (SSSR count). The third-order valence-electron chi connectivity index (χ3n) is 5.22. The van der Waals surface area contributed by atoms with Crippen molar-refractivity contribution in [3.8, 4) is 5.82 Å². The number of piperazine rings is 1. The first kappa shape index (κ1) is 19.9. The van der Waals surface area contributed by atoms with E-state index < -0.39 is 11.7 Å². The van der Waals surface area contributed by atoms with Crippen LogP contribution in [0.3, 0.4) is 0 Å². The Labute approximate surface area is 171 Å². The second-order valence-corrected chi connectivity index (χ2v) is 7.07. The molecular weight excluding hydrogens is 395 g/mol. The number of carbonyl (C=O) groups excluding carboxylic acids is 1. The van der Waals surface area contributed by atoms with E-state index in [1.807, 2.05) is 30.3 Å². The van der Waals surface area contributed by atoms with Crippen molar-refractivity contribution in [2.45, 2.75) is 13.1 Å². The number of amides is 1. The van der Waals surface area contributed by atoms with Gasteiger partial charge in [0.25, 0.3) is 5.91 Å². The van der Waals surface area contributed by atoms with Crippen molar-refractivity contribution in [1.82, 2.24) is 19.7 Å². The van der Waals surface area contributed by atoms with Gasteiger partial charge in [-0.2, -0.15) is 18.3 Å². The first-order valence-electron chi connectivity index (χ1n) is 9.52. The van der Waals surface area contributed by atoms with Crippen molar-refractivity contribution < 1.29 is 18.0 Å². The number of rotatable bonds is 3. The highest BCUT2D eigenvalue weighted by atomic mass is 19.4. The molecule has 3 heterocycles. The molecule has 0 radical (unpaired) electrons. The van der Waals surface area contributed by atoms with Crippen molar-refractivity contribution in [3.63, 3.8) is 0 Å². The lowest BCUT2D eigenvalue weighted by Gasteiger charge is -2.36. The smallest absolute Gasteiger partial charge is 0.368 e. The van der Waals surface area contributed by atoms with Gasteiger partial charge < -0.3 is 9.80 Å². The van der Waals surface area contributed by atoms with Gasteiger partial charge in [-0.05, 0) is 31.2 Å². The summed E-state index contributed by atoms with van der Waals surface area (Å²) in [5.74, 6) is 0.0896. The van der Waals surface area contributed by atoms with Crippen LogP contribution in [-0.4, -0.2) is 51.8 Å². The first-order valence-corrected chi connectivity index (χ1v) is 9.52. The zero-order chi connectivity index (χ0) is 21.3. The van der Waals surface area contributed by atoms with Gasteiger partial charge in [0.05, 0.1) is 23.0 Å². The molecular formula is C21H20F3N5O. The van der Waals surface area contributed by atoms with Crippen LogP contribution in [0.1, 0.15) is 21.6 Å². The number of anilines is 1. The van der Waals surface area contributed by atoms with Crippen LogP contribution in [-0.2, 0) is 6.18 Å². The normalized spacial score (nSPS) is 14.8. The van der Waals surface area contributed by atoms with Crippen molar-refractivity contribution in [2.75, 3.05) is 31.1 Å². The maximum atomic E-state index is 13.0. The Bertz CT molecular complexity index is 1020. The SMILES string of the molecule is Cc1c(C(=O)N2CCN(c3ccccc3)CC2)cnn1-c1ccc(C(F)(F)F)cn1. The number of nitrogens with zero attached hydrogens (tertiary/aromatic N) is 5. The number of alkyl halides is 3. The van der Waals surface area contributed by atoms with Crippen molar-refractivity contribution >= 4 is 11.6 Å². The lowest BCUT2D eigenvalue weighted by Crippen LogP contribution is -2.48. The highest BCUT2D eigenvalue weighted by molar-refractivity contribution is 5.95. The fourth-order valence-corrected chi connectivity index (χ4v) is 3.51. The summed E-state index contributed by atoms with van der Waals surface area (Å²) >= 11 is 0. The number of aromatic nitrogens is 3. The Morgan fingerprint density at radius 2 is 1.67 bits per heavy atom. The molecule has 30 heavy (non-hydrogen) atoms. The molecule has 0 aliphatic carbocycles. The minimum atomic E-state index is -4.45. The molecule has 1 aliphatic heterocycles. The van der Waals surface area contributed by atoms with Crippen molar-refractivity contribution in [1.29, 1.82) is 0 Å². The van der Waals surface area contributed by atoms with Crippen LogP contribution in [0.15, 0.2) is 54.9 Å². The average molecular weight is 415 g/mol. The molecule has 0 atom stereocenters. The number of pyridine rings is 1. The van der Waals surface area contributed by atoms with Gasteiger partial charge in [-0.15, -0.1) is 0 Å². The Balaban J connectivity index is 1.47. The summed E-state index contributed by atoms with van der Waals surface area (Å²) in [6, 6.07) is 12.2. The molecule has 1 aliphatic rings. The van der Waals surface area contributed by atoms with E-state index in [-0.39, 0.29) is 11.7 Å². The van der Waals surface area contributed by atoms with Crippen LogP contribution in [0, 0.1) is 6.92 Å². The van der Waals surface area contributed by atoms with Crippen LogP contribution in [0.5, 0.6) is 0 Å². The highest BCUT2D eigenvalue weighted by Crippen LogP contribution is 2.29. The van der Waals surface area contributed by atoms with E-state index in [1.54, 1.807) is 11.8 Å². The molecule has 0 bridgehead atoms. The van der Waals surface area contributed by atoms with Gasteiger partial charge in [0.15, 0.2) is 5.82 Å². The lowest BCUT2D eigenvalue weighted by atomic mass is 10.2. The van der Waals surface area contributed by atoms with E-state index in [0.29, 0.717) is 24.3 Å². The molecule has 0 unspecified atom stereocenters. The summed E-state index contributed by atoms with van der Waals surface area (Å²) in [5, 5.41) is 4.17. The van der Waals surface area contributed by atoms with Crippen molar-refractivity contribution in [2.24, 2.45) is 0 Å². The summed E-state index contributed by atoms with van der Waals surface area (Å²) in [6.45, 7) is 4.32. The van der Waals surface area contributed by atoms with Gasteiger partial charge in [-0.1, -0.05) is 18.2 Å². The van der Waals surface area contributed by atoms with Crippen LogP contribution in [0.25, 0.3) is 5.82 Å². The lowest BCUT2D eigenvalue weighted by molar-refractivity contribution is -0.137. The number of para-hydroxylation sites is 1. The van der Waals surface area contributed by atoms with Crippen LogP contribution >= 0.6 is 0 Å². The fourth-order valence-electron chi connectivity index (χ4n) is 3.51. The molecule has 0 spiro atoms. The Kier molecular flexibility index (Phi) is 5.19. The number of hydrogen-bond acceptors (Lipinski definition) is 4. The Hall–Kier alpha value is -3.36. The van der Waals surface area contributed by atoms with E-state index in [1.165, 1.54) is 16.9 Å². The summed E-state index contributed by atoms with van der Waals surface area (Å²) < 4.78 is 39.6. The molecule has 6 nitrogen and oxygen atoms in total. The largest absolute Gasteiger partial charge is 0.417 e. The molecule has 1 fully saturated rings. The predicted molar refractivity (Wildman–Crippen MR) is 106 cm³/mol. The summed E-state index contributed by atoms with van der Waals surface area (Å²) in [5.41, 5.74) is 1.26. The molecule has 1 saturated heterocycles. The summed E-state index contributed by atoms with van der Waals surface area (Å²) in [6.07, 6.45) is -2.24. The molecule has 9 heteroatoms. The van der Waals surface area contributed by atoms with E-state index in [9.17, 15) is 18.0 Å². The first-order chi connectivity index (χ1) is 14.3. The molecule has 0 saturated carbocycles. The number of carbonyl (C=O) groups is 1. The monoisotopic (exact) mass is 415 g/mol. The second-order valence-electron chi connectivity index (χ2n) is 7.07. The third kappa shape index (κ3) is 3.87. The quantitative estimate of drug-likeness (QED) is 0.657. The van der Waals surface area contributed by atoms with Gasteiger partial charge in [0.1, 0.15) is 0 Å². The van der Waals surface area contributed by atoms with Crippen molar-refractivity contribution in [3.05, 3.63) is 71.7 Å². The van der Waals surface area contributed by atoms with Gasteiger partial charge in [0, 0.05) is 38.1 Å². The van der Waals surface area contributed by atoms with E-state index in [2.05, 4.69) is 15.0 Å². The second kappa shape index (κ2) is 7.81. The van der Waals surface area contributed by atoms with E-state index >= 15 is 0 Å². The summed E-state index contributed by atoms with van der Waals surface area (Å²) in [7, 11) is 0. The number of hydrogen-bond donors (Lipinski definition) is 0. The molecule has 156 valence electrons. The van der Waals surface area contributed by atoms with Gasteiger partial charge in [0.2, 0.25) is 0 Å². The third-order valence-corrected chi connectivity index (χ3v) is 5.22. The van der Waals surface area contributed by atoms with Gasteiger partial charge >= 0.3 is 6.18 Å². The fraction of sp³-hybridized carbons (Fsp3) is 0.286. The minimum Gasteiger partial charge on any atom is -0.368 e. The summed E-state index contributed by atoms with van der Waals surface area (Å²) in [4.78, 5) is 20.8. The molecule has 2 aromatic heterocycles. The molecule has 3 aromatic rings. The Morgan fingerprint density at radius 3 is 2.27 bits per heavy atom. The average Bonchev–Trinajstić information content (AvgIpc) is 3.15. The maximum absolute atomic E-state index is 13.0. The Morgan fingerprint density at radius 1 is 0.967 bits per heavy atom. The topological polar surface area (TPSA) is 54.3 Å². The van der Waals surface area contributed by atoms with Crippen LogP contribution in [0.2, 0.25) is 0 Å². The van der Waals surface area contributed by atoms with Gasteiger partial charge in [-0.25, -0.2) is 9.67 Å². The molecule has 1 amide bonds. The van der Waals surface area contributed by atoms with Crippen LogP contribution < -0.4 is 4.90 Å². The number of benzene rings is 1. The number of halogens is 3. The van der Waals surface area contributed by atoms with Gasteiger partial charge in [-0.3, -0.25) is 4.79 Å². The standard InChI is InChI=1S/C21H20F3N5O/c1-15-18(14-26-29(15)19-8-7-16(13-25-19)21(22,23)24)20(30)28-11-9-27(10-12-28)17-5-3-2-4-6-17/h2-8,13-14H,9-12H2,1H3.